The second-order valence-electron chi connectivity index (χ2n) is 6.52. The fraction of sp³-hybridized carbons (Fsp3) is 0.350. The van der Waals surface area contributed by atoms with Crippen molar-refractivity contribution in [2.24, 2.45) is 0 Å². The summed E-state index contributed by atoms with van der Waals surface area (Å²) < 4.78 is 11.2. The summed E-state index contributed by atoms with van der Waals surface area (Å²) in [5.41, 5.74) is 10.4. The molecule has 1 aromatic heterocycles. The lowest BCUT2D eigenvalue weighted by Gasteiger charge is -2.26. The lowest BCUT2D eigenvalue weighted by molar-refractivity contribution is 0.0378. The molecular weight excluding hydrogens is 328 g/mol. The quantitative estimate of drug-likeness (QED) is 0.524. The van der Waals surface area contributed by atoms with Crippen LogP contribution in [-0.2, 0) is 4.74 Å². The van der Waals surface area contributed by atoms with Crippen molar-refractivity contribution in [3.05, 3.63) is 42.5 Å². The summed E-state index contributed by atoms with van der Waals surface area (Å²) in [5, 5.41) is 3.44. The molecule has 2 aromatic carbocycles. The molecule has 0 unspecified atom stereocenters. The highest BCUT2D eigenvalue weighted by atomic mass is 16.5. The normalized spacial score (nSPS) is 15.4. The summed E-state index contributed by atoms with van der Waals surface area (Å²) in [6.45, 7) is 5.67. The first-order valence-corrected chi connectivity index (χ1v) is 9.09. The van der Waals surface area contributed by atoms with Gasteiger partial charge in [-0.25, -0.2) is 4.98 Å². The molecular formula is C20H24N4O2. The highest BCUT2D eigenvalue weighted by molar-refractivity contribution is 5.78. The summed E-state index contributed by atoms with van der Waals surface area (Å²) >= 11 is 0. The van der Waals surface area contributed by atoms with Crippen LogP contribution >= 0.6 is 0 Å². The number of anilines is 2. The molecule has 0 amide bonds. The standard InChI is InChI=1S/C20H24N4O2/c21-16-7-6-15(20-23-17-4-1-2-5-19(17)26-20)14-18(16)22-8-3-9-24-10-12-25-13-11-24/h1-2,4-7,14,22H,3,8-13,21H2. The fourth-order valence-electron chi connectivity index (χ4n) is 3.19. The Morgan fingerprint density at radius 1 is 1.12 bits per heavy atom. The van der Waals surface area contributed by atoms with Crippen molar-refractivity contribution in [2.75, 3.05) is 50.4 Å². The monoisotopic (exact) mass is 352 g/mol. The van der Waals surface area contributed by atoms with Crippen molar-refractivity contribution < 1.29 is 9.15 Å². The van der Waals surface area contributed by atoms with Crippen LogP contribution < -0.4 is 11.1 Å². The van der Waals surface area contributed by atoms with Crippen LogP contribution in [0.3, 0.4) is 0 Å². The fourth-order valence-corrected chi connectivity index (χ4v) is 3.19. The number of nitrogen functional groups attached to an aromatic ring is 1. The molecule has 0 spiro atoms. The van der Waals surface area contributed by atoms with E-state index in [1.165, 1.54) is 0 Å². The van der Waals surface area contributed by atoms with Gasteiger partial charge in [0.1, 0.15) is 5.52 Å². The number of nitrogens with zero attached hydrogens (tertiary/aromatic N) is 2. The van der Waals surface area contributed by atoms with Gasteiger partial charge in [0, 0.05) is 25.2 Å². The van der Waals surface area contributed by atoms with Gasteiger partial charge in [-0.1, -0.05) is 12.1 Å². The Hall–Kier alpha value is -2.57. The number of aromatic nitrogens is 1. The van der Waals surface area contributed by atoms with Crippen molar-refractivity contribution in [3.63, 3.8) is 0 Å². The number of rotatable bonds is 6. The van der Waals surface area contributed by atoms with Gasteiger partial charge in [-0.15, -0.1) is 0 Å². The van der Waals surface area contributed by atoms with Crippen LogP contribution in [-0.4, -0.2) is 49.3 Å². The topological polar surface area (TPSA) is 76.5 Å². The van der Waals surface area contributed by atoms with Gasteiger partial charge in [0.15, 0.2) is 5.58 Å². The summed E-state index contributed by atoms with van der Waals surface area (Å²) in [7, 11) is 0. The van der Waals surface area contributed by atoms with Gasteiger partial charge in [-0.2, -0.15) is 0 Å². The van der Waals surface area contributed by atoms with Crippen molar-refractivity contribution >= 4 is 22.5 Å². The summed E-state index contributed by atoms with van der Waals surface area (Å²) in [5.74, 6) is 0.613. The maximum absolute atomic E-state index is 6.13. The van der Waals surface area contributed by atoms with Crippen LogP contribution in [0, 0.1) is 0 Å². The molecule has 1 aliphatic rings. The third-order valence-electron chi connectivity index (χ3n) is 4.66. The minimum Gasteiger partial charge on any atom is -0.436 e. The number of ether oxygens (including phenoxy) is 1. The molecule has 0 atom stereocenters. The third kappa shape index (κ3) is 3.81. The second-order valence-corrected chi connectivity index (χ2v) is 6.52. The SMILES string of the molecule is Nc1ccc(-c2nc3ccccc3o2)cc1NCCCN1CCOCC1. The van der Waals surface area contributed by atoms with Crippen LogP contribution in [0.4, 0.5) is 11.4 Å². The van der Waals surface area contributed by atoms with Gasteiger partial charge in [-0.3, -0.25) is 4.90 Å². The number of hydrogen-bond acceptors (Lipinski definition) is 6. The lowest BCUT2D eigenvalue weighted by Crippen LogP contribution is -2.37. The Labute approximate surface area is 152 Å². The molecule has 0 saturated carbocycles. The van der Waals surface area contributed by atoms with Gasteiger partial charge >= 0.3 is 0 Å². The molecule has 3 aromatic rings. The smallest absolute Gasteiger partial charge is 0.227 e. The number of hydrogen-bond donors (Lipinski definition) is 2. The highest BCUT2D eigenvalue weighted by Gasteiger charge is 2.11. The average molecular weight is 352 g/mol. The summed E-state index contributed by atoms with van der Waals surface area (Å²) in [4.78, 5) is 6.99. The molecule has 0 aliphatic carbocycles. The molecule has 0 radical (unpaired) electrons. The number of oxazole rings is 1. The zero-order valence-corrected chi connectivity index (χ0v) is 14.8. The van der Waals surface area contributed by atoms with Crippen molar-refractivity contribution in [2.45, 2.75) is 6.42 Å². The number of benzene rings is 2. The lowest BCUT2D eigenvalue weighted by atomic mass is 10.1. The van der Waals surface area contributed by atoms with E-state index in [0.29, 0.717) is 5.89 Å². The van der Waals surface area contributed by atoms with E-state index in [1.807, 2.05) is 42.5 Å². The van der Waals surface area contributed by atoms with Gasteiger partial charge in [0.2, 0.25) is 5.89 Å². The maximum atomic E-state index is 6.13. The van der Waals surface area contributed by atoms with Crippen LogP contribution in [0.5, 0.6) is 0 Å². The van der Waals surface area contributed by atoms with Gasteiger partial charge in [0.05, 0.1) is 24.6 Å². The van der Waals surface area contributed by atoms with Crippen molar-refractivity contribution in [3.8, 4) is 11.5 Å². The predicted molar refractivity (Wildman–Crippen MR) is 104 cm³/mol. The first-order valence-electron chi connectivity index (χ1n) is 9.09. The predicted octanol–water partition coefficient (Wildman–Crippen LogP) is 3.21. The van der Waals surface area contributed by atoms with E-state index in [1.54, 1.807) is 0 Å². The second kappa shape index (κ2) is 7.76. The van der Waals surface area contributed by atoms with Gasteiger partial charge < -0.3 is 20.2 Å². The molecule has 6 nitrogen and oxygen atoms in total. The molecule has 1 aliphatic heterocycles. The van der Waals surface area contributed by atoms with Crippen LogP contribution in [0.15, 0.2) is 46.9 Å². The van der Waals surface area contributed by atoms with E-state index in [2.05, 4.69) is 15.2 Å². The molecule has 1 saturated heterocycles. The number of fused-ring (bicyclic) bond motifs is 1. The number of nitrogens with one attached hydrogen (secondary N) is 1. The Morgan fingerprint density at radius 3 is 2.81 bits per heavy atom. The third-order valence-corrected chi connectivity index (χ3v) is 4.66. The Bertz CT molecular complexity index is 838. The van der Waals surface area contributed by atoms with Crippen molar-refractivity contribution in [1.29, 1.82) is 0 Å². The minimum absolute atomic E-state index is 0.613. The zero-order chi connectivity index (χ0) is 17.8. The zero-order valence-electron chi connectivity index (χ0n) is 14.8. The van der Waals surface area contributed by atoms with E-state index < -0.39 is 0 Å². The van der Waals surface area contributed by atoms with Crippen LogP contribution in [0.25, 0.3) is 22.6 Å². The van der Waals surface area contributed by atoms with Crippen LogP contribution in [0.1, 0.15) is 6.42 Å². The van der Waals surface area contributed by atoms with Crippen LogP contribution in [0.2, 0.25) is 0 Å². The van der Waals surface area contributed by atoms with Gasteiger partial charge in [0.25, 0.3) is 0 Å². The molecule has 4 rings (SSSR count). The molecule has 3 N–H and O–H groups in total. The summed E-state index contributed by atoms with van der Waals surface area (Å²) in [6.07, 6.45) is 1.06. The first kappa shape index (κ1) is 16.9. The Kier molecular flexibility index (Phi) is 5.04. The van der Waals surface area contributed by atoms with E-state index in [9.17, 15) is 0 Å². The van der Waals surface area contributed by atoms with E-state index >= 15 is 0 Å². The van der Waals surface area contributed by atoms with E-state index in [0.717, 1.165) is 73.9 Å². The van der Waals surface area contributed by atoms with E-state index in [4.69, 9.17) is 14.9 Å². The number of morpholine rings is 1. The largest absolute Gasteiger partial charge is 0.436 e. The number of nitrogens with two attached hydrogens (primary N) is 1. The maximum Gasteiger partial charge on any atom is 0.227 e. The highest BCUT2D eigenvalue weighted by Crippen LogP contribution is 2.29. The molecule has 26 heavy (non-hydrogen) atoms. The molecule has 136 valence electrons. The molecule has 1 fully saturated rings. The van der Waals surface area contributed by atoms with Crippen molar-refractivity contribution in [1.82, 2.24) is 9.88 Å². The first-order chi connectivity index (χ1) is 12.8. The summed E-state index contributed by atoms with van der Waals surface area (Å²) in [6, 6.07) is 13.6. The van der Waals surface area contributed by atoms with Gasteiger partial charge in [-0.05, 0) is 43.3 Å². The van der Waals surface area contributed by atoms with E-state index in [-0.39, 0.29) is 0 Å². The molecule has 2 heterocycles. The molecule has 0 bridgehead atoms. The minimum atomic E-state index is 0.613. The average Bonchev–Trinajstić information content (AvgIpc) is 3.11. The Balaban J connectivity index is 1.41. The number of para-hydroxylation sites is 2. The molecule has 6 heteroatoms. The Morgan fingerprint density at radius 2 is 1.96 bits per heavy atom.